The fourth-order valence-electron chi connectivity index (χ4n) is 4.42. The number of nitrogens with one attached hydrogen (secondary N) is 1. The van der Waals surface area contributed by atoms with Gasteiger partial charge in [-0.3, -0.25) is 0 Å². The van der Waals surface area contributed by atoms with Gasteiger partial charge >= 0.3 is 6.03 Å². The molecule has 5 rings (SSSR count). The van der Waals surface area contributed by atoms with Crippen molar-refractivity contribution in [1.82, 2.24) is 9.47 Å². The molecule has 0 spiro atoms. The van der Waals surface area contributed by atoms with Crippen LogP contribution in [0.1, 0.15) is 22.9 Å². The summed E-state index contributed by atoms with van der Waals surface area (Å²) in [5.74, 6) is -1.52. The van der Waals surface area contributed by atoms with Crippen LogP contribution in [0, 0.1) is 11.6 Å². The lowest BCUT2D eigenvalue weighted by atomic mass is 10.0. The molecule has 1 N–H and O–H groups in total. The average molecular weight is 459 g/mol. The van der Waals surface area contributed by atoms with E-state index in [0.29, 0.717) is 6.54 Å². The van der Waals surface area contributed by atoms with Crippen molar-refractivity contribution >= 4 is 17.4 Å². The van der Waals surface area contributed by atoms with Crippen molar-refractivity contribution in [2.24, 2.45) is 0 Å². The highest BCUT2D eigenvalue weighted by Gasteiger charge is 2.33. The highest BCUT2D eigenvalue weighted by atomic mass is 19.1. The van der Waals surface area contributed by atoms with E-state index >= 15 is 0 Å². The van der Waals surface area contributed by atoms with Crippen molar-refractivity contribution in [3.05, 3.63) is 114 Å². The fourth-order valence-corrected chi connectivity index (χ4v) is 4.42. The van der Waals surface area contributed by atoms with Crippen LogP contribution < -0.4 is 10.2 Å². The van der Waals surface area contributed by atoms with Crippen LogP contribution in [0.25, 0.3) is 5.69 Å². The van der Waals surface area contributed by atoms with Gasteiger partial charge in [0.25, 0.3) is 0 Å². The predicted molar refractivity (Wildman–Crippen MR) is 129 cm³/mol. The molecular formula is C27H24F2N4O. The SMILES string of the molecule is CN(C)c1ccc(C2c3cccn3-c3ccccc3CN2C(=O)Nc2ccc(F)cc2F)cc1. The number of hydrogen-bond acceptors (Lipinski definition) is 2. The number of carbonyl (C=O) groups excluding carboxylic acids is 1. The number of amides is 2. The van der Waals surface area contributed by atoms with E-state index in [0.717, 1.165) is 40.3 Å². The summed E-state index contributed by atoms with van der Waals surface area (Å²) in [6.07, 6.45) is 1.98. The highest BCUT2D eigenvalue weighted by molar-refractivity contribution is 5.90. The lowest BCUT2D eigenvalue weighted by Gasteiger charge is -2.31. The molecule has 0 fully saturated rings. The van der Waals surface area contributed by atoms with Gasteiger partial charge in [-0.15, -0.1) is 0 Å². The normalized spacial score (nSPS) is 14.7. The second kappa shape index (κ2) is 8.67. The summed E-state index contributed by atoms with van der Waals surface area (Å²) in [7, 11) is 3.94. The second-order valence-corrected chi connectivity index (χ2v) is 8.50. The van der Waals surface area contributed by atoms with Crippen molar-refractivity contribution in [2.75, 3.05) is 24.3 Å². The number of aromatic nitrogens is 1. The summed E-state index contributed by atoms with van der Waals surface area (Å²) >= 11 is 0. The molecule has 1 atom stereocenters. The van der Waals surface area contributed by atoms with Crippen LogP contribution in [0.2, 0.25) is 0 Å². The Hall–Kier alpha value is -4.13. The molecular weight excluding hydrogens is 434 g/mol. The smallest absolute Gasteiger partial charge is 0.323 e. The van der Waals surface area contributed by atoms with Crippen LogP contribution in [0.3, 0.4) is 0 Å². The number of fused-ring (bicyclic) bond motifs is 3. The van der Waals surface area contributed by atoms with Gasteiger partial charge in [0.15, 0.2) is 0 Å². The maximum atomic E-state index is 14.3. The number of nitrogens with zero attached hydrogens (tertiary/aromatic N) is 3. The Kier molecular flexibility index (Phi) is 5.53. The van der Waals surface area contributed by atoms with E-state index in [9.17, 15) is 13.6 Å². The molecule has 0 bridgehead atoms. The first-order valence-electron chi connectivity index (χ1n) is 11.0. The maximum absolute atomic E-state index is 14.3. The number of urea groups is 1. The van der Waals surface area contributed by atoms with Crippen LogP contribution in [0.4, 0.5) is 25.0 Å². The zero-order valence-electron chi connectivity index (χ0n) is 18.9. The first kappa shape index (κ1) is 21.7. The summed E-state index contributed by atoms with van der Waals surface area (Å²) in [6.45, 7) is 0.312. The van der Waals surface area contributed by atoms with Crippen molar-refractivity contribution in [2.45, 2.75) is 12.6 Å². The standard InChI is InChI=1S/C27H24F2N4O/c1-31(2)21-12-9-18(10-13-21)26-25-8-5-15-32(25)24-7-4-3-6-19(24)17-33(26)27(34)30-23-14-11-20(28)16-22(23)29/h3-16,26H,17H2,1-2H3,(H,30,34). The maximum Gasteiger partial charge on any atom is 0.323 e. The zero-order chi connectivity index (χ0) is 23.8. The lowest BCUT2D eigenvalue weighted by Crippen LogP contribution is -2.38. The molecule has 5 nitrogen and oxygen atoms in total. The van der Waals surface area contributed by atoms with Crippen LogP contribution in [0.15, 0.2) is 85.1 Å². The molecule has 2 heterocycles. The Labute approximate surface area is 196 Å². The van der Waals surface area contributed by atoms with Gasteiger partial charge in [0.05, 0.1) is 24.0 Å². The van der Waals surface area contributed by atoms with Gasteiger partial charge in [-0.2, -0.15) is 0 Å². The third kappa shape index (κ3) is 3.90. The molecule has 1 aliphatic rings. The van der Waals surface area contributed by atoms with Gasteiger partial charge in [0, 0.05) is 37.7 Å². The minimum absolute atomic E-state index is 0.0685. The van der Waals surface area contributed by atoms with Gasteiger partial charge in [-0.1, -0.05) is 30.3 Å². The van der Waals surface area contributed by atoms with Gasteiger partial charge in [0.1, 0.15) is 11.6 Å². The molecule has 34 heavy (non-hydrogen) atoms. The quantitative estimate of drug-likeness (QED) is 0.412. The molecule has 0 radical (unpaired) electrons. The molecule has 0 saturated heterocycles. The van der Waals surface area contributed by atoms with Gasteiger partial charge in [-0.25, -0.2) is 13.6 Å². The number of benzene rings is 3. The molecule has 4 aromatic rings. The number of carbonyl (C=O) groups is 1. The van der Waals surface area contributed by atoms with E-state index in [-0.39, 0.29) is 5.69 Å². The van der Waals surface area contributed by atoms with Crippen molar-refractivity contribution in [3.63, 3.8) is 0 Å². The molecule has 172 valence electrons. The molecule has 3 aromatic carbocycles. The summed E-state index contributed by atoms with van der Waals surface area (Å²) in [4.78, 5) is 17.3. The number of para-hydroxylation sites is 1. The van der Waals surface area contributed by atoms with Gasteiger partial charge in [0.2, 0.25) is 0 Å². The van der Waals surface area contributed by atoms with Gasteiger partial charge in [-0.05, 0) is 53.6 Å². The van der Waals surface area contributed by atoms with E-state index in [1.807, 2.05) is 85.9 Å². The average Bonchev–Trinajstić information content (AvgIpc) is 3.25. The third-order valence-electron chi connectivity index (χ3n) is 6.12. The predicted octanol–water partition coefficient (Wildman–Crippen LogP) is 5.96. The van der Waals surface area contributed by atoms with Crippen molar-refractivity contribution < 1.29 is 13.6 Å². The zero-order valence-corrected chi connectivity index (χ0v) is 18.9. The van der Waals surface area contributed by atoms with Crippen LogP contribution in [-0.4, -0.2) is 29.6 Å². The van der Waals surface area contributed by atoms with Crippen molar-refractivity contribution in [3.8, 4) is 5.69 Å². The molecule has 0 saturated carbocycles. The molecule has 0 aliphatic carbocycles. The number of rotatable bonds is 3. The first-order valence-corrected chi connectivity index (χ1v) is 11.0. The van der Waals surface area contributed by atoms with Crippen LogP contribution >= 0.6 is 0 Å². The van der Waals surface area contributed by atoms with Crippen molar-refractivity contribution in [1.29, 1.82) is 0 Å². The molecule has 2 amide bonds. The Morgan fingerprint density at radius 1 is 0.971 bits per heavy atom. The monoisotopic (exact) mass is 458 g/mol. The Balaban J connectivity index is 1.61. The summed E-state index contributed by atoms with van der Waals surface area (Å²) in [5.41, 5.74) is 4.76. The molecule has 1 aliphatic heterocycles. The van der Waals surface area contributed by atoms with E-state index < -0.39 is 23.7 Å². The van der Waals surface area contributed by atoms with E-state index in [1.54, 1.807) is 4.90 Å². The number of hydrogen-bond donors (Lipinski definition) is 1. The largest absolute Gasteiger partial charge is 0.378 e. The Morgan fingerprint density at radius 3 is 2.47 bits per heavy atom. The fraction of sp³-hybridized carbons (Fsp3) is 0.148. The molecule has 1 aromatic heterocycles. The minimum Gasteiger partial charge on any atom is -0.378 e. The second-order valence-electron chi connectivity index (χ2n) is 8.50. The first-order chi connectivity index (χ1) is 16.4. The van der Waals surface area contributed by atoms with Crippen LogP contribution in [0.5, 0.6) is 0 Å². The van der Waals surface area contributed by atoms with Crippen LogP contribution in [-0.2, 0) is 6.54 Å². The lowest BCUT2D eigenvalue weighted by molar-refractivity contribution is 0.194. The summed E-state index contributed by atoms with van der Waals surface area (Å²) in [6, 6.07) is 22.1. The third-order valence-corrected chi connectivity index (χ3v) is 6.12. The Bertz CT molecular complexity index is 1350. The van der Waals surface area contributed by atoms with E-state index in [4.69, 9.17) is 0 Å². The topological polar surface area (TPSA) is 40.5 Å². The molecule has 1 unspecified atom stereocenters. The Morgan fingerprint density at radius 2 is 1.74 bits per heavy atom. The summed E-state index contributed by atoms with van der Waals surface area (Å²) in [5, 5.41) is 2.65. The van der Waals surface area contributed by atoms with Gasteiger partial charge < -0.3 is 19.7 Å². The van der Waals surface area contributed by atoms with E-state index in [2.05, 4.69) is 9.88 Å². The molecule has 7 heteroatoms. The summed E-state index contributed by atoms with van der Waals surface area (Å²) < 4.78 is 29.8. The highest BCUT2D eigenvalue weighted by Crippen LogP contribution is 2.37. The van der Waals surface area contributed by atoms with E-state index in [1.165, 1.54) is 6.07 Å². The number of halogens is 2. The minimum atomic E-state index is -0.821. The number of anilines is 2.